The maximum absolute atomic E-state index is 11.4. The van der Waals surface area contributed by atoms with Crippen LogP contribution in [-0.4, -0.2) is 35.6 Å². The van der Waals surface area contributed by atoms with Crippen LogP contribution in [0.4, 0.5) is 5.82 Å². The molecule has 17 heavy (non-hydrogen) atoms. The first-order valence-electron chi connectivity index (χ1n) is 5.64. The first-order chi connectivity index (χ1) is 8.29. The van der Waals surface area contributed by atoms with Crippen LogP contribution in [0.2, 0.25) is 0 Å². The van der Waals surface area contributed by atoms with Crippen molar-refractivity contribution < 1.29 is 4.74 Å². The van der Waals surface area contributed by atoms with Crippen LogP contribution in [0, 0.1) is 0 Å². The number of rotatable bonds is 8. The number of aromatic amines is 1. The Bertz CT molecular complexity index is 381. The number of unbranched alkanes of at least 4 members (excludes halogenated alkanes) is 2. The molecule has 1 heterocycles. The molecule has 0 atom stereocenters. The predicted octanol–water partition coefficient (Wildman–Crippen LogP) is 1.72. The lowest BCUT2D eigenvalue weighted by molar-refractivity contribution is 0.408. The van der Waals surface area contributed by atoms with E-state index in [9.17, 15) is 4.79 Å². The Hall–Kier alpha value is -1.17. The summed E-state index contributed by atoms with van der Waals surface area (Å²) < 4.78 is 5.00. The molecule has 0 saturated carbocycles. The van der Waals surface area contributed by atoms with E-state index < -0.39 is 0 Å². The summed E-state index contributed by atoms with van der Waals surface area (Å²) in [6.07, 6.45) is 6.96. The van der Waals surface area contributed by atoms with Crippen molar-refractivity contribution in [2.45, 2.75) is 19.3 Å². The molecular formula is C11H19N3O2S. The number of nitrogens with zero attached hydrogens (tertiary/aromatic N) is 1. The van der Waals surface area contributed by atoms with Crippen molar-refractivity contribution in [3.8, 4) is 5.75 Å². The highest BCUT2D eigenvalue weighted by molar-refractivity contribution is 7.98. The van der Waals surface area contributed by atoms with Crippen molar-refractivity contribution in [2.24, 2.45) is 0 Å². The number of thioether (sulfide) groups is 1. The summed E-state index contributed by atoms with van der Waals surface area (Å²) in [5.41, 5.74) is -0.257. The first kappa shape index (κ1) is 13.9. The number of aromatic nitrogens is 2. The van der Waals surface area contributed by atoms with Gasteiger partial charge in [0.25, 0.3) is 5.56 Å². The fourth-order valence-corrected chi connectivity index (χ4v) is 1.95. The van der Waals surface area contributed by atoms with E-state index in [2.05, 4.69) is 21.5 Å². The van der Waals surface area contributed by atoms with Gasteiger partial charge in [-0.25, -0.2) is 4.98 Å². The lowest BCUT2D eigenvalue weighted by atomic mass is 10.2. The standard InChI is InChI=1S/C11H19N3O2S/c1-16-9-10(13-8-14-11(9)15)12-6-4-3-5-7-17-2/h8H,3-7H2,1-2H3,(H2,12,13,14,15). The molecule has 0 bridgehead atoms. The molecule has 96 valence electrons. The fourth-order valence-electron chi connectivity index (χ4n) is 1.46. The van der Waals surface area contributed by atoms with Gasteiger partial charge < -0.3 is 15.0 Å². The summed E-state index contributed by atoms with van der Waals surface area (Å²) in [7, 11) is 1.47. The van der Waals surface area contributed by atoms with Crippen molar-refractivity contribution >= 4 is 17.6 Å². The van der Waals surface area contributed by atoms with E-state index in [4.69, 9.17) is 4.74 Å². The van der Waals surface area contributed by atoms with E-state index in [0.717, 1.165) is 13.0 Å². The minimum atomic E-state index is -0.257. The molecule has 2 N–H and O–H groups in total. The van der Waals surface area contributed by atoms with Crippen molar-refractivity contribution in [1.29, 1.82) is 0 Å². The van der Waals surface area contributed by atoms with Crippen molar-refractivity contribution in [3.05, 3.63) is 16.7 Å². The lowest BCUT2D eigenvalue weighted by Crippen LogP contribution is -2.14. The highest BCUT2D eigenvalue weighted by atomic mass is 32.2. The Kier molecular flexibility index (Phi) is 6.54. The van der Waals surface area contributed by atoms with Gasteiger partial charge in [-0.05, 0) is 24.9 Å². The molecule has 0 aliphatic carbocycles. The lowest BCUT2D eigenvalue weighted by Gasteiger charge is -2.08. The van der Waals surface area contributed by atoms with Crippen molar-refractivity contribution in [3.63, 3.8) is 0 Å². The Balaban J connectivity index is 2.36. The van der Waals surface area contributed by atoms with Gasteiger partial charge in [0, 0.05) is 6.54 Å². The number of H-pyrrole nitrogens is 1. The molecule has 0 spiro atoms. The van der Waals surface area contributed by atoms with Gasteiger partial charge in [0.05, 0.1) is 13.4 Å². The number of nitrogens with one attached hydrogen (secondary N) is 2. The molecule has 1 aromatic rings. The summed E-state index contributed by atoms with van der Waals surface area (Å²) >= 11 is 1.87. The number of anilines is 1. The number of hydrogen-bond acceptors (Lipinski definition) is 5. The predicted molar refractivity (Wildman–Crippen MR) is 72.1 cm³/mol. The Morgan fingerprint density at radius 3 is 3.00 bits per heavy atom. The van der Waals surface area contributed by atoms with Gasteiger partial charge in [0.1, 0.15) is 0 Å². The average molecular weight is 257 g/mol. The number of methoxy groups -OCH3 is 1. The zero-order valence-electron chi connectivity index (χ0n) is 10.3. The molecule has 0 saturated heterocycles. The second-order valence-corrected chi connectivity index (χ2v) is 4.58. The summed E-state index contributed by atoms with van der Waals surface area (Å²) in [4.78, 5) is 17.9. The third-order valence-corrected chi connectivity index (χ3v) is 3.03. The van der Waals surface area contributed by atoms with Gasteiger partial charge >= 0.3 is 0 Å². The van der Waals surface area contributed by atoms with Gasteiger partial charge in [-0.15, -0.1) is 0 Å². The van der Waals surface area contributed by atoms with Crippen LogP contribution >= 0.6 is 11.8 Å². The molecule has 5 nitrogen and oxygen atoms in total. The van der Waals surface area contributed by atoms with Gasteiger partial charge in [-0.1, -0.05) is 6.42 Å². The Morgan fingerprint density at radius 1 is 1.47 bits per heavy atom. The Morgan fingerprint density at radius 2 is 2.29 bits per heavy atom. The van der Waals surface area contributed by atoms with E-state index in [-0.39, 0.29) is 11.3 Å². The minimum Gasteiger partial charge on any atom is -0.489 e. The van der Waals surface area contributed by atoms with Crippen LogP contribution in [0.15, 0.2) is 11.1 Å². The van der Waals surface area contributed by atoms with E-state index in [1.165, 1.54) is 32.0 Å². The zero-order chi connectivity index (χ0) is 12.5. The first-order valence-corrected chi connectivity index (χ1v) is 7.03. The molecule has 0 unspecified atom stereocenters. The second-order valence-electron chi connectivity index (χ2n) is 3.59. The SMILES string of the molecule is COc1c(NCCCCCSC)nc[nH]c1=O. The van der Waals surface area contributed by atoms with E-state index in [1.807, 2.05) is 11.8 Å². The van der Waals surface area contributed by atoms with Gasteiger partial charge in [-0.2, -0.15) is 11.8 Å². The van der Waals surface area contributed by atoms with Crippen LogP contribution in [0.3, 0.4) is 0 Å². The van der Waals surface area contributed by atoms with Crippen LogP contribution < -0.4 is 15.6 Å². The maximum atomic E-state index is 11.4. The maximum Gasteiger partial charge on any atom is 0.295 e. The highest BCUT2D eigenvalue weighted by Gasteiger charge is 2.07. The average Bonchev–Trinajstić information content (AvgIpc) is 2.34. The third-order valence-electron chi connectivity index (χ3n) is 2.33. The minimum absolute atomic E-state index is 0.247. The quantitative estimate of drug-likeness (QED) is 0.694. The van der Waals surface area contributed by atoms with Gasteiger partial charge in [0.15, 0.2) is 5.82 Å². The molecule has 6 heteroatoms. The number of hydrogen-bond donors (Lipinski definition) is 2. The summed E-state index contributed by atoms with van der Waals surface area (Å²) in [5, 5.41) is 3.12. The summed E-state index contributed by atoms with van der Waals surface area (Å²) in [6, 6.07) is 0. The largest absolute Gasteiger partial charge is 0.489 e. The summed E-state index contributed by atoms with van der Waals surface area (Å²) in [5.74, 6) is 1.96. The summed E-state index contributed by atoms with van der Waals surface area (Å²) in [6.45, 7) is 0.807. The smallest absolute Gasteiger partial charge is 0.295 e. The zero-order valence-corrected chi connectivity index (χ0v) is 11.1. The number of ether oxygens (including phenoxy) is 1. The third kappa shape index (κ3) is 4.68. The second kappa shape index (κ2) is 8.00. The Labute approximate surface area is 105 Å². The molecular weight excluding hydrogens is 238 g/mol. The molecule has 0 amide bonds. The molecule has 1 aromatic heterocycles. The van der Waals surface area contributed by atoms with E-state index in [1.54, 1.807) is 0 Å². The van der Waals surface area contributed by atoms with Crippen LogP contribution in [-0.2, 0) is 0 Å². The van der Waals surface area contributed by atoms with Crippen molar-refractivity contribution in [2.75, 3.05) is 31.0 Å². The molecule has 0 radical (unpaired) electrons. The normalized spacial score (nSPS) is 10.2. The van der Waals surface area contributed by atoms with Gasteiger partial charge in [0.2, 0.25) is 5.75 Å². The van der Waals surface area contributed by atoms with Crippen LogP contribution in [0.1, 0.15) is 19.3 Å². The van der Waals surface area contributed by atoms with Crippen LogP contribution in [0.5, 0.6) is 5.75 Å². The molecule has 1 rings (SSSR count). The fraction of sp³-hybridized carbons (Fsp3) is 0.636. The molecule has 0 aliphatic rings. The molecule has 0 aromatic carbocycles. The highest BCUT2D eigenvalue weighted by Crippen LogP contribution is 2.14. The topological polar surface area (TPSA) is 67.0 Å². The van der Waals surface area contributed by atoms with Gasteiger partial charge in [-0.3, -0.25) is 4.79 Å². The van der Waals surface area contributed by atoms with E-state index >= 15 is 0 Å². The monoisotopic (exact) mass is 257 g/mol. The van der Waals surface area contributed by atoms with Crippen molar-refractivity contribution in [1.82, 2.24) is 9.97 Å². The van der Waals surface area contributed by atoms with Crippen LogP contribution in [0.25, 0.3) is 0 Å². The molecule has 0 aliphatic heterocycles. The van der Waals surface area contributed by atoms with E-state index in [0.29, 0.717) is 5.82 Å². The molecule has 0 fully saturated rings.